The van der Waals surface area contributed by atoms with E-state index in [1.165, 1.54) is 9.75 Å². The van der Waals surface area contributed by atoms with E-state index in [0.717, 1.165) is 18.8 Å². The molecule has 19 heavy (non-hydrogen) atoms. The van der Waals surface area contributed by atoms with Gasteiger partial charge in [-0.2, -0.15) is 5.10 Å². The molecular formula is C13H17N3O2S. The highest BCUT2D eigenvalue weighted by molar-refractivity contribution is 7.15. The summed E-state index contributed by atoms with van der Waals surface area (Å²) in [6.45, 7) is 3.54. The van der Waals surface area contributed by atoms with Crippen LogP contribution in [0.3, 0.4) is 0 Å². The molecule has 1 aliphatic rings. The smallest absolute Gasteiger partial charge is 0.0900 e. The van der Waals surface area contributed by atoms with Crippen LogP contribution >= 0.6 is 11.3 Å². The number of β-amino-alcohol motifs (C(OH)–C–C–N with tert-alkyl or cyclic N) is 1. The highest BCUT2D eigenvalue weighted by atomic mass is 32.1. The van der Waals surface area contributed by atoms with Crippen molar-refractivity contribution < 1.29 is 9.84 Å². The van der Waals surface area contributed by atoms with E-state index in [0.29, 0.717) is 19.8 Å². The lowest BCUT2D eigenvalue weighted by Gasteiger charge is -2.19. The second-order valence-corrected chi connectivity index (χ2v) is 5.87. The summed E-state index contributed by atoms with van der Waals surface area (Å²) >= 11 is 1.76. The highest BCUT2D eigenvalue weighted by Crippen LogP contribution is 2.27. The van der Waals surface area contributed by atoms with Crippen molar-refractivity contribution in [3.63, 3.8) is 0 Å². The SMILES string of the molecule is O[C@@H]1COCCN(Cc2ccc(-c3ccn[nH]3)s2)C1. The first-order valence-electron chi connectivity index (χ1n) is 6.38. The number of hydrogen-bond donors (Lipinski definition) is 2. The minimum absolute atomic E-state index is 0.380. The Kier molecular flexibility index (Phi) is 3.93. The van der Waals surface area contributed by atoms with E-state index in [4.69, 9.17) is 4.74 Å². The predicted octanol–water partition coefficient (Wildman–Crippen LogP) is 1.33. The van der Waals surface area contributed by atoms with Crippen LogP contribution in [0.25, 0.3) is 10.6 Å². The molecule has 102 valence electrons. The van der Waals surface area contributed by atoms with Crippen LogP contribution in [0.1, 0.15) is 4.88 Å². The van der Waals surface area contributed by atoms with Gasteiger partial charge < -0.3 is 9.84 Å². The molecule has 0 aliphatic carbocycles. The molecule has 0 aromatic carbocycles. The molecule has 0 bridgehead atoms. The molecule has 0 saturated carbocycles. The average Bonchev–Trinajstić information content (AvgIpc) is 3.01. The van der Waals surface area contributed by atoms with Gasteiger partial charge in [-0.05, 0) is 18.2 Å². The molecule has 1 saturated heterocycles. The second-order valence-electron chi connectivity index (χ2n) is 4.70. The van der Waals surface area contributed by atoms with Crippen molar-refractivity contribution in [1.82, 2.24) is 15.1 Å². The van der Waals surface area contributed by atoms with Crippen molar-refractivity contribution >= 4 is 11.3 Å². The summed E-state index contributed by atoms with van der Waals surface area (Å²) in [4.78, 5) is 4.72. The highest BCUT2D eigenvalue weighted by Gasteiger charge is 2.17. The Morgan fingerprint density at radius 3 is 3.26 bits per heavy atom. The monoisotopic (exact) mass is 279 g/mol. The summed E-state index contributed by atoms with van der Waals surface area (Å²) in [6.07, 6.45) is 1.38. The number of thiophene rings is 1. The Morgan fingerprint density at radius 2 is 2.42 bits per heavy atom. The van der Waals surface area contributed by atoms with Gasteiger partial charge in [0.15, 0.2) is 0 Å². The van der Waals surface area contributed by atoms with Crippen molar-refractivity contribution in [2.75, 3.05) is 26.3 Å². The normalized spacial score (nSPS) is 21.4. The second kappa shape index (κ2) is 5.83. The third-order valence-corrected chi connectivity index (χ3v) is 4.24. The number of nitrogens with one attached hydrogen (secondary N) is 1. The minimum Gasteiger partial charge on any atom is -0.389 e. The number of aliphatic hydroxyl groups is 1. The molecule has 2 aromatic rings. The average molecular weight is 279 g/mol. The van der Waals surface area contributed by atoms with Gasteiger partial charge in [0.2, 0.25) is 0 Å². The Hall–Kier alpha value is -1.21. The molecule has 2 N–H and O–H groups in total. The van der Waals surface area contributed by atoms with Gasteiger partial charge in [0.05, 0.1) is 29.9 Å². The third kappa shape index (κ3) is 3.22. The zero-order valence-corrected chi connectivity index (χ0v) is 11.4. The summed E-state index contributed by atoms with van der Waals surface area (Å²) in [5.41, 5.74) is 1.05. The molecular weight excluding hydrogens is 262 g/mol. The van der Waals surface area contributed by atoms with Crippen LogP contribution in [0.5, 0.6) is 0 Å². The Bertz CT molecular complexity index is 512. The predicted molar refractivity (Wildman–Crippen MR) is 74.0 cm³/mol. The van der Waals surface area contributed by atoms with Gasteiger partial charge in [-0.25, -0.2) is 0 Å². The number of H-pyrrole nitrogens is 1. The first-order chi connectivity index (χ1) is 9.31. The van der Waals surface area contributed by atoms with Crippen molar-refractivity contribution in [2.24, 2.45) is 0 Å². The minimum atomic E-state index is -0.380. The van der Waals surface area contributed by atoms with Crippen molar-refractivity contribution in [2.45, 2.75) is 12.6 Å². The zero-order valence-electron chi connectivity index (χ0n) is 10.6. The van der Waals surface area contributed by atoms with E-state index in [2.05, 4.69) is 27.2 Å². The summed E-state index contributed by atoms with van der Waals surface area (Å²) in [7, 11) is 0. The summed E-state index contributed by atoms with van der Waals surface area (Å²) < 4.78 is 5.34. The van der Waals surface area contributed by atoms with E-state index >= 15 is 0 Å². The number of aliphatic hydroxyl groups excluding tert-OH is 1. The molecule has 3 rings (SSSR count). The fraction of sp³-hybridized carbons (Fsp3) is 0.462. The van der Waals surface area contributed by atoms with Gasteiger partial charge in [-0.15, -0.1) is 11.3 Å². The lowest BCUT2D eigenvalue weighted by Crippen LogP contribution is -2.31. The van der Waals surface area contributed by atoms with Crippen molar-refractivity contribution in [3.8, 4) is 10.6 Å². The molecule has 1 fully saturated rings. The maximum Gasteiger partial charge on any atom is 0.0900 e. The van der Waals surface area contributed by atoms with Crippen LogP contribution in [-0.2, 0) is 11.3 Å². The molecule has 1 atom stereocenters. The van der Waals surface area contributed by atoms with Crippen LogP contribution in [-0.4, -0.2) is 52.6 Å². The maximum atomic E-state index is 9.72. The van der Waals surface area contributed by atoms with E-state index in [1.807, 2.05) is 6.07 Å². The molecule has 3 heterocycles. The van der Waals surface area contributed by atoms with Crippen LogP contribution in [0, 0.1) is 0 Å². The van der Waals surface area contributed by atoms with E-state index < -0.39 is 0 Å². The standard InChI is InChI=1S/C13H17N3O2S/c17-10-7-16(5-6-18-9-10)8-11-1-2-13(19-11)12-3-4-14-15-12/h1-4,10,17H,5-9H2,(H,14,15)/t10-/m0/s1. The molecule has 6 heteroatoms. The van der Waals surface area contributed by atoms with Crippen molar-refractivity contribution in [1.29, 1.82) is 0 Å². The van der Waals surface area contributed by atoms with Gasteiger partial charge in [-0.3, -0.25) is 10.00 Å². The van der Waals surface area contributed by atoms with Gasteiger partial charge in [0, 0.05) is 30.7 Å². The first-order valence-corrected chi connectivity index (χ1v) is 7.19. The van der Waals surface area contributed by atoms with Gasteiger partial charge in [0.25, 0.3) is 0 Å². The molecule has 5 nitrogen and oxygen atoms in total. The van der Waals surface area contributed by atoms with Crippen LogP contribution < -0.4 is 0 Å². The molecule has 0 spiro atoms. The number of rotatable bonds is 3. The topological polar surface area (TPSA) is 61.4 Å². The summed E-state index contributed by atoms with van der Waals surface area (Å²) in [6, 6.07) is 6.22. The van der Waals surface area contributed by atoms with E-state index in [1.54, 1.807) is 17.5 Å². The number of nitrogens with zero attached hydrogens (tertiary/aromatic N) is 2. The fourth-order valence-electron chi connectivity index (χ4n) is 2.22. The number of hydrogen-bond acceptors (Lipinski definition) is 5. The largest absolute Gasteiger partial charge is 0.389 e. The fourth-order valence-corrected chi connectivity index (χ4v) is 3.25. The molecule has 1 aliphatic heterocycles. The molecule has 0 unspecified atom stereocenters. The molecule has 2 aromatic heterocycles. The number of aromatic amines is 1. The van der Waals surface area contributed by atoms with Gasteiger partial charge in [0.1, 0.15) is 0 Å². The number of ether oxygens (including phenoxy) is 1. The third-order valence-electron chi connectivity index (χ3n) is 3.14. The maximum absolute atomic E-state index is 9.72. The lowest BCUT2D eigenvalue weighted by molar-refractivity contribution is 0.0562. The summed E-state index contributed by atoms with van der Waals surface area (Å²) in [5, 5.41) is 16.7. The lowest BCUT2D eigenvalue weighted by atomic mass is 10.3. The first kappa shape index (κ1) is 12.8. The van der Waals surface area contributed by atoms with E-state index in [9.17, 15) is 5.11 Å². The quantitative estimate of drug-likeness (QED) is 0.890. The van der Waals surface area contributed by atoms with E-state index in [-0.39, 0.29) is 6.10 Å². The van der Waals surface area contributed by atoms with Gasteiger partial charge in [-0.1, -0.05) is 0 Å². The van der Waals surface area contributed by atoms with Crippen LogP contribution in [0.4, 0.5) is 0 Å². The molecule has 0 amide bonds. The molecule has 0 radical (unpaired) electrons. The summed E-state index contributed by atoms with van der Waals surface area (Å²) in [5.74, 6) is 0. The zero-order chi connectivity index (χ0) is 13.1. The van der Waals surface area contributed by atoms with Crippen LogP contribution in [0.2, 0.25) is 0 Å². The van der Waals surface area contributed by atoms with Crippen molar-refractivity contribution in [3.05, 3.63) is 29.3 Å². The van der Waals surface area contributed by atoms with Crippen LogP contribution in [0.15, 0.2) is 24.4 Å². The Balaban J connectivity index is 1.66. The number of aromatic nitrogens is 2. The Labute approximate surface area is 115 Å². The van der Waals surface area contributed by atoms with Gasteiger partial charge >= 0.3 is 0 Å². The Morgan fingerprint density at radius 1 is 1.47 bits per heavy atom.